The van der Waals surface area contributed by atoms with E-state index in [1.54, 1.807) is 23.2 Å². The minimum Gasteiger partial charge on any atom is -0.383 e. The van der Waals surface area contributed by atoms with Crippen LogP contribution in [0.25, 0.3) is 11.0 Å². The Labute approximate surface area is 185 Å². The molecule has 4 heterocycles. The Kier molecular flexibility index (Phi) is 4.64. The van der Waals surface area contributed by atoms with E-state index in [1.807, 2.05) is 0 Å². The van der Waals surface area contributed by atoms with Crippen LogP contribution in [0.5, 0.6) is 0 Å². The van der Waals surface area contributed by atoms with Crippen molar-refractivity contribution in [2.24, 2.45) is 0 Å². The lowest BCUT2D eigenvalue weighted by Crippen LogP contribution is -2.39. The zero-order valence-electron chi connectivity index (χ0n) is 17.9. The average molecular weight is 436 g/mol. The Morgan fingerprint density at radius 3 is 2.72 bits per heavy atom. The van der Waals surface area contributed by atoms with Crippen LogP contribution < -0.4 is 5.73 Å². The van der Waals surface area contributed by atoms with Crippen molar-refractivity contribution in [3.8, 4) is 0 Å². The molecule has 3 N–H and O–H groups in total. The maximum Gasteiger partial charge on any atom is 0.270 e. The SMILES string of the molecule is Nc1nc2cc(C(=O)N(Cc3ncc(C4CC4)cc3F)C3CCCC3)[nH]c2c2c1COC2. The Morgan fingerprint density at radius 2 is 1.97 bits per heavy atom. The smallest absolute Gasteiger partial charge is 0.270 e. The summed E-state index contributed by atoms with van der Waals surface area (Å²) in [5.74, 6) is 0.396. The van der Waals surface area contributed by atoms with Crippen molar-refractivity contribution in [2.75, 3.05) is 5.73 Å². The predicted molar refractivity (Wildman–Crippen MR) is 117 cm³/mol. The number of carbonyl (C=O) groups excluding carboxylic acids is 1. The van der Waals surface area contributed by atoms with Crippen molar-refractivity contribution in [3.05, 3.63) is 52.2 Å². The van der Waals surface area contributed by atoms with Crippen molar-refractivity contribution >= 4 is 22.8 Å². The van der Waals surface area contributed by atoms with Gasteiger partial charge in [0.15, 0.2) is 0 Å². The van der Waals surface area contributed by atoms with Gasteiger partial charge in [-0.15, -0.1) is 0 Å². The highest BCUT2D eigenvalue weighted by atomic mass is 19.1. The second kappa shape index (κ2) is 7.55. The second-order valence-corrected chi connectivity index (χ2v) is 9.23. The van der Waals surface area contributed by atoms with Crippen LogP contribution in [0.2, 0.25) is 0 Å². The number of amides is 1. The number of aromatic amines is 1. The fourth-order valence-corrected chi connectivity index (χ4v) is 5.09. The van der Waals surface area contributed by atoms with Crippen LogP contribution in [0.3, 0.4) is 0 Å². The van der Waals surface area contributed by atoms with Crippen LogP contribution in [0, 0.1) is 5.82 Å². The number of carbonyl (C=O) groups is 1. The number of aromatic nitrogens is 3. The van der Waals surface area contributed by atoms with Crippen molar-refractivity contribution in [1.29, 1.82) is 0 Å². The summed E-state index contributed by atoms with van der Waals surface area (Å²) in [6, 6.07) is 3.41. The van der Waals surface area contributed by atoms with Crippen LogP contribution in [0.1, 0.15) is 77.3 Å². The number of anilines is 1. The average Bonchev–Trinajstić information content (AvgIpc) is 3.18. The van der Waals surface area contributed by atoms with E-state index in [0.29, 0.717) is 41.9 Å². The van der Waals surface area contributed by atoms with Gasteiger partial charge in [0.25, 0.3) is 5.91 Å². The fraction of sp³-hybridized carbons (Fsp3) is 0.458. The quantitative estimate of drug-likeness (QED) is 0.627. The second-order valence-electron chi connectivity index (χ2n) is 9.23. The summed E-state index contributed by atoms with van der Waals surface area (Å²) in [5, 5.41) is 0. The molecule has 0 atom stereocenters. The van der Waals surface area contributed by atoms with Gasteiger partial charge >= 0.3 is 0 Å². The van der Waals surface area contributed by atoms with E-state index in [-0.39, 0.29) is 24.3 Å². The topological polar surface area (TPSA) is 97.1 Å². The monoisotopic (exact) mass is 435 g/mol. The molecule has 1 aliphatic heterocycles. The highest BCUT2D eigenvalue weighted by Gasteiger charge is 2.31. The predicted octanol–water partition coefficient (Wildman–Crippen LogP) is 4.17. The van der Waals surface area contributed by atoms with E-state index in [9.17, 15) is 9.18 Å². The Bertz CT molecular complexity index is 1210. The van der Waals surface area contributed by atoms with Crippen molar-refractivity contribution in [1.82, 2.24) is 19.9 Å². The third kappa shape index (κ3) is 3.33. The first kappa shape index (κ1) is 19.7. The molecule has 166 valence electrons. The van der Waals surface area contributed by atoms with Gasteiger partial charge in [-0.25, -0.2) is 9.37 Å². The lowest BCUT2D eigenvalue weighted by Gasteiger charge is -2.28. The summed E-state index contributed by atoms with van der Waals surface area (Å²) in [6.07, 6.45) is 7.94. The van der Waals surface area contributed by atoms with Gasteiger partial charge in [0, 0.05) is 23.4 Å². The molecule has 7 nitrogen and oxygen atoms in total. The molecule has 0 bridgehead atoms. The third-order valence-electron chi connectivity index (χ3n) is 7.07. The zero-order valence-corrected chi connectivity index (χ0v) is 17.9. The van der Waals surface area contributed by atoms with E-state index < -0.39 is 0 Å². The van der Waals surface area contributed by atoms with Gasteiger partial charge in [-0.05, 0) is 49.3 Å². The molecule has 2 saturated carbocycles. The van der Waals surface area contributed by atoms with Crippen molar-refractivity contribution in [2.45, 2.75) is 70.2 Å². The van der Waals surface area contributed by atoms with E-state index in [0.717, 1.165) is 60.7 Å². The number of halogens is 1. The van der Waals surface area contributed by atoms with Gasteiger partial charge in [-0.1, -0.05) is 12.8 Å². The van der Waals surface area contributed by atoms with Gasteiger partial charge in [0.2, 0.25) is 0 Å². The number of ether oxygens (including phenoxy) is 1. The lowest BCUT2D eigenvalue weighted by atomic mass is 10.1. The molecular weight excluding hydrogens is 409 g/mol. The highest BCUT2D eigenvalue weighted by molar-refractivity contribution is 5.98. The number of nitrogens with one attached hydrogen (secondary N) is 1. The first-order chi connectivity index (χ1) is 15.6. The summed E-state index contributed by atoms with van der Waals surface area (Å²) in [4.78, 5) is 27.5. The van der Waals surface area contributed by atoms with Gasteiger partial charge in [-0.3, -0.25) is 9.78 Å². The molecule has 3 aromatic heterocycles. The minimum atomic E-state index is -0.328. The molecule has 2 aliphatic carbocycles. The third-order valence-corrected chi connectivity index (χ3v) is 7.07. The van der Waals surface area contributed by atoms with E-state index in [2.05, 4.69) is 15.0 Å². The molecule has 0 spiro atoms. The largest absolute Gasteiger partial charge is 0.383 e. The molecule has 0 radical (unpaired) electrons. The number of hydrogen-bond donors (Lipinski definition) is 2. The van der Waals surface area contributed by atoms with E-state index in [4.69, 9.17) is 10.5 Å². The van der Waals surface area contributed by atoms with Gasteiger partial charge in [0.05, 0.1) is 36.5 Å². The summed E-state index contributed by atoms with van der Waals surface area (Å²) < 4.78 is 20.4. The number of nitrogens with zero attached hydrogens (tertiary/aromatic N) is 3. The van der Waals surface area contributed by atoms with Crippen molar-refractivity contribution < 1.29 is 13.9 Å². The van der Waals surface area contributed by atoms with Gasteiger partial charge in [-0.2, -0.15) is 0 Å². The molecule has 6 rings (SSSR count). The van der Waals surface area contributed by atoms with Crippen LogP contribution >= 0.6 is 0 Å². The van der Waals surface area contributed by atoms with Crippen LogP contribution in [0.15, 0.2) is 18.3 Å². The van der Waals surface area contributed by atoms with Crippen LogP contribution in [-0.4, -0.2) is 31.8 Å². The molecule has 8 heteroatoms. The Balaban J connectivity index is 1.34. The molecule has 0 aromatic carbocycles. The molecule has 0 unspecified atom stereocenters. The highest BCUT2D eigenvalue weighted by Crippen LogP contribution is 2.40. The first-order valence-electron chi connectivity index (χ1n) is 11.4. The normalized spacial score (nSPS) is 18.4. The lowest BCUT2D eigenvalue weighted by molar-refractivity contribution is 0.0654. The molecule has 2 fully saturated rings. The maximum atomic E-state index is 14.9. The van der Waals surface area contributed by atoms with Crippen LogP contribution in [-0.2, 0) is 24.5 Å². The van der Waals surface area contributed by atoms with Gasteiger partial charge in [0.1, 0.15) is 17.3 Å². The van der Waals surface area contributed by atoms with E-state index in [1.165, 1.54) is 0 Å². The standard InChI is InChI=1S/C24H26FN5O2/c25-18-7-14(13-5-6-13)9-27-21(18)10-30(15-3-1-2-4-15)24(31)20-8-19-22(28-20)16-11-32-12-17(16)23(26)29-19/h7-9,13,15,28H,1-6,10-12H2,(H2,26,29). The number of H-pyrrole nitrogens is 1. The number of pyridine rings is 2. The first-order valence-corrected chi connectivity index (χ1v) is 11.4. The van der Waals surface area contributed by atoms with Crippen molar-refractivity contribution in [3.63, 3.8) is 0 Å². The number of hydrogen-bond acceptors (Lipinski definition) is 5. The molecule has 3 aromatic rings. The number of nitrogens with two attached hydrogens (primary N) is 1. The van der Waals surface area contributed by atoms with E-state index >= 15 is 0 Å². The Hall–Kier alpha value is -3.00. The zero-order chi connectivity index (χ0) is 21.8. The fourth-order valence-electron chi connectivity index (χ4n) is 5.09. The maximum absolute atomic E-state index is 14.9. The van der Waals surface area contributed by atoms with Gasteiger partial charge < -0.3 is 20.4 Å². The molecule has 0 saturated heterocycles. The number of rotatable bonds is 5. The molecule has 1 amide bonds. The summed E-state index contributed by atoms with van der Waals surface area (Å²) in [6.45, 7) is 1.04. The molecule has 3 aliphatic rings. The number of fused-ring (bicyclic) bond motifs is 3. The number of nitrogen functional groups attached to an aromatic ring is 1. The molecule has 32 heavy (non-hydrogen) atoms. The molecular formula is C24H26FN5O2. The summed E-state index contributed by atoms with van der Waals surface area (Å²) in [5.41, 5.74) is 11.1. The minimum absolute atomic E-state index is 0.0743. The summed E-state index contributed by atoms with van der Waals surface area (Å²) in [7, 11) is 0. The Morgan fingerprint density at radius 1 is 1.19 bits per heavy atom. The summed E-state index contributed by atoms with van der Waals surface area (Å²) >= 11 is 0. The van der Waals surface area contributed by atoms with Crippen LogP contribution in [0.4, 0.5) is 10.2 Å².